The quantitative estimate of drug-likeness (QED) is 0.684. The summed E-state index contributed by atoms with van der Waals surface area (Å²) in [6, 6.07) is -1.20. The third-order valence-electron chi connectivity index (χ3n) is 4.17. The average molecular weight is 283 g/mol. The van der Waals surface area contributed by atoms with Gasteiger partial charge in [0.25, 0.3) is 0 Å². The van der Waals surface area contributed by atoms with Gasteiger partial charge in [-0.1, -0.05) is 0 Å². The van der Waals surface area contributed by atoms with Crippen LogP contribution in [0.2, 0.25) is 0 Å². The molecule has 2 fully saturated rings. The molecule has 2 saturated heterocycles. The molecule has 0 aromatic carbocycles. The number of hydrogen-bond acceptors (Lipinski definition) is 3. The first-order valence-electron chi connectivity index (χ1n) is 7.05. The molecule has 0 saturated carbocycles. The van der Waals surface area contributed by atoms with Gasteiger partial charge < -0.3 is 20.6 Å². The normalized spacial score (nSPS) is 29.1. The number of amides is 3. The van der Waals surface area contributed by atoms with Crippen molar-refractivity contribution in [2.24, 2.45) is 5.92 Å². The Labute approximate surface area is 117 Å². The van der Waals surface area contributed by atoms with Crippen LogP contribution in [0.3, 0.4) is 0 Å². The lowest BCUT2D eigenvalue weighted by Crippen LogP contribution is -2.51. The second kappa shape index (κ2) is 5.68. The lowest BCUT2D eigenvalue weighted by Gasteiger charge is -2.25. The Morgan fingerprint density at radius 3 is 2.60 bits per heavy atom. The van der Waals surface area contributed by atoms with Crippen molar-refractivity contribution in [3.05, 3.63) is 0 Å². The molecule has 4 unspecified atom stereocenters. The summed E-state index contributed by atoms with van der Waals surface area (Å²) in [5.74, 6) is -1.55. The number of aliphatic carboxylic acids is 1. The minimum Gasteiger partial charge on any atom is -0.481 e. The first-order valence-corrected chi connectivity index (χ1v) is 7.05. The van der Waals surface area contributed by atoms with Crippen molar-refractivity contribution in [3.8, 4) is 0 Å². The van der Waals surface area contributed by atoms with E-state index in [9.17, 15) is 14.4 Å². The van der Waals surface area contributed by atoms with Gasteiger partial charge in [-0.3, -0.25) is 9.59 Å². The second-order valence-corrected chi connectivity index (χ2v) is 5.45. The molecule has 2 aliphatic heterocycles. The number of nitrogens with one attached hydrogen (secondary N) is 2. The van der Waals surface area contributed by atoms with E-state index < -0.39 is 17.9 Å². The predicted octanol–water partition coefficient (Wildman–Crippen LogP) is 0.158. The van der Waals surface area contributed by atoms with Crippen LogP contribution in [0.4, 0.5) is 4.79 Å². The fraction of sp³-hybridized carbons (Fsp3) is 0.769. The van der Waals surface area contributed by atoms with Gasteiger partial charge in [0.15, 0.2) is 0 Å². The molecule has 2 rings (SSSR count). The predicted molar refractivity (Wildman–Crippen MR) is 71.1 cm³/mol. The average Bonchev–Trinajstić information content (AvgIpc) is 2.96. The highest BCUT2D eigenvalue weighted by Gasteiger charge is 2.51. The molecule has 112 valence electrons. The van der Waals surface area contributed by atoms with E-state index in [-0.39, 0.29) is 24.0 Å². The van der Waals surface area contributed by atoms with Crippen molar-refractivity contribution in [2.75, 3.05) is 6.54 Å². The number of urea groups is 1. The fourth-order valence-electron chi connectivity index (χ4n) is 3.22. The Hall–Kier alpha value is -1.79. The van der Waals surface area contributed by atoms with E-state index >= 15 is 0 Å². The van der Waals surface area contributed by atoms with E-state index in [4.69, 9.17) is 5.11 Å². The molecule has 7 nitrogen and oxygen atoms in total. The van der Waals surface area contributed by atoms with Gasteiger partial charge in [-0.25, -0.2) is 4.79 Å². The highest BCUT2D eigenvalue weighted by atomic mass is 16.4. The molecule has 7 heteroatoms. The number of likely N-dealkylation sites (N-methyl/N-ethyl adjacent to an activating group) is 1. The first kappa shape index (κ1) is 14.6. The molecule has 2 aliphatic rings. The van der Waals surface area contributed by atoms with Gasteiger partial charge in [-0.2, -0.15) is 0 Å². The molecule has 20 heavy (non-hydrogen) atoms. The smallest absolute Gasteiger partial charge is 0.318 e. The van der Waals surface area contributed by atoms with Crippen molar-refractivity contribution < 1.29 is 19.5 Å². The number of carbonyl (C=O) groups is 3. The van der Waals surface area contributed by atoms with E-state index in [1.165, 1.54) is 0 Å². The summed E-state index contributed by atoms with van der Waals surface area (Å²) in [6.07, 6.45) is 2.09. The number of fused-ring (bicyclic) bond motifs is 2. The SMILES string of the molecule is CCNC(=O)C(C)NC(=O)N1C2CCC1C(C(=O)O)C2. The van der Waals surface area contributed by atoms with Crippen LogP contribution in [-0.4, -0.2) is 52.6 Å². The van der Waals surface area contributed by atoms with Gasteiger partial charge in [0.05, 0.1) is 5.92 Å². The maximum atomic E-state index is 12.2. The Morgan fingerprint density at radius 2 is 2.05 bits per heavy atom. The van der Waals surface area contributed by atoms with Crippen molar-refractivity contribution >= 4 is 17.9 Å². The van der Waals surface area contributed by atoms with E-state index in [1.807, 2.05) is 6.92 Å². The third-order valence-corrected chi connectivity index (χ3v) is 4.17. The molecule has 0 aromatic heterocycles. The molecular weight excluding hydrogens is 262 g/mol. The topological polar surface area (TPSA) is 98.7 Å². The standard InChI is InChI=1S/C13H21N3O4/c1-3-14-11(17)7(2)15-13(20)16-8-4-5-10(16)9(6-8)12(18)19/h7-10H,3-6H2,1-2H3,(H,14,17)(H,15,20)(H,18,19). The minimum atomic E-state index is -0.841. The Bertz CT molecular complexity index is 426. The summed E-state index contributed by atoms with van der Waals surface area (Å²) in [7, 11) is 0. The van der Waals surface area contributed by atoms with Gasteiger partial charge in [-0.05, 0) is 33.1 Å². The number of nitrogens with zero attached hydrogens (tertiary/aromatic N) is 1. The zero-order valence-electron chi connectivity index (χ0n) is 11.8. The summed E-state index contributed by atoms with van der Waals surface area (Å²) in [5.41, 5.74) is 0. The summed E-state index contributed by atoms with van der Waals surface area (Å²) in [5, 5.41) is 14.4. The van der Waals surface area contributed by atoms with Gasteiger partial charge in [-0.15, -0.1) is 0 Å². The Morgan fingerprint density at radius 1 is 1.35 bits per heavy atom. The Balaban J connectivity index is 1.97. The largest absolute Gasteiger partial charge is 0.481 e. The molecule has 3 N–H and O–H groups in total. The molecule has 0 spiro atoms. The monoisotopic (exact) mass is 283 g/mol. The van der Waals surface area contributed by atoms with Gasteiger partial charge >= 0.3 is 12.0 Å². The number of rotatable bonds is 4. The van der Waals surface area contributed by atoms with Crippen LogP contribution in [0, 0.1) is 5.92 Å². The summed E-state index contributed by atoms with van der Waals surface area (Å²) < 4.78 is 0. The van der Waals surface area contributed by atoms with Crippen molar-refractivity contribution in [1.82, 2.24) is 15.5 Å². The molecule has 0 aromatic rings. The van der Waals surface area contributed by atoms with Crippen LogP contribution in [0.5, 0.6) is 0 Å². The maximum absolute atomic E-state index is 12.2. The van der Waals surface area contributed by atoms with Gasteiger partial charge in [0.2, 0.25) is 5.91 Å². The van der Waals surface area contributed by atoms with Crippen LogP contribution in [0.1, 0.15) is 33.1 Å². The summed E-state index contributed by atoms with van der Waals surface area (Å²) in [6.45, 7) is 3.94. The highest BCUT2D eigenvalue weighted by molar-refractivity contribution is 5.87. The third kappa shape index (κ3) is 2.57. The summed E-state index contributed by atoms with van der Waals surface area (Å²) in [4.78, 5) is 36.6. The molecule has 3 amide bonds. The lowest BCUT2D eigenvalue weighted by atomic mass is 9.89. The number of hydrogen-bond donors (Lipinski definition) is 3. The molecule has 2 bridgehead atoms. The fourth-order valence-corrected chi connectivity index (χ4v) is 3.22. The van der Waals surface area contributed by atoms with E-state index in [2.05, 4.69) is 10.6 Å². The van der Waals surface area contributed by atoms with Crippen LogP contribution < -0.4 is 10.6 Å². The summed E-state index contributed by atoms with van der Waals surface area (Å²) >= 11 is 0. The zero-order valence-corrected chi connectivity index (χ0v) is 11.8. The maximum Gasteiger partial charge on any atom is 0.318 e. The lowest BCUT2D eigenvalue weighted by molar-refractivity contribution is -0.142. The number of carboxylic acid groups (broad SMARTS) is 1. The zero-order chi connectivity index (χ0) is 14.9. The van der Waals surface area contributed by atoms with Crippen LogP contribution in [0.25, 0.3) is 0 Å². The van der Waals surface area contributed by atoms with E-state index in [1.54, 1.807) is 11.8 Å². The van der Waals surface area contributed by atoms with Crippen LogP contribution in [0.15, 0.2) is 0 Å². The van der Waals surface area contributed by atoms with Crippen molar-refractivity contribution in [1.29, 1.82) is 0 Å². The number of carboxylic acids is 1. The van der Waals surface area contributed by atoms with Crippen LogP contribution >= 0.6 is 0 Å². The molecule has 0 aliphatic carbocycles. The molecule has 2 heterocycles. The second-order valence-electron chi connectivity index (χ2n) is 5.45. The number of carbonyl (C=O) groups excluding carboxylic acids is 2. The minimum absolute atomic E-state index is 0.0115. The van der Waals surface area contributed by atoms with Gasteiger partial charge in [0.1, 0.15) is 6.04 Å². The molecule has 0 radical (unpaired) electrons. The van der Waals surface area contributed by atoms with E-state index in [0.717, 1.165) is 12.8 Å². The van der Waals surface area contributed by atoms with Crippen molar-refractivity contribution in [2.45, 2.75) is 51.2 Å². The van der Waals surface area contributed by atoms with Gasteiger partial charge in [0, 0.05) is 18.6 Å². The highest BCUT2D eigenvalue weighted by Crippen LogP contribution is 2.41. The van der Waals surface area contributed by atoms with Crippen LogP contribution in [-0.2, 0) is 9.59 Å². The first-order chi connectivity index (χ1) is 9.45. The Kier molecular flexibility index (Phi) is 4.15. The van der Waals surface area contributed by atoms with Crippen molar-refractivity contribution in [3.63, 3.8) is 0 Å². The van der Waals surface area contributed by atoms with E-state index in [0.29, 0.717) is 13.0 Å². The molecule has 4 atom stereocenters. The molecular formula is C13H21N3O4.